The number of ether oxygens (including phenoxy) is 2. The minimum Gasteiger partial charge on any atom is -0.493 e. The lowest BCUT2D eigenvalue weighted by molar-refractivity contribution is -0.134. The van der Waals surface area contributed by atoms with Crippen molar-refractivity contribution in [2.45, 2.75) is 84.3 Å². The number of benzene rings is 2. The third kappa shape index (κ3) is 11.6. The largest absolute Gasteiger partial charge is 0.493 e. The van der Waals surface area contributed by atoms with Crippen LogP contribution in [0, 0.1) is 19.8 Å². The van der Waals surface area contributed by atoms with Crippen LogP contribution < -0.4 is 36.1 Å². The van der Waals surface area contributed by atoms with Gasteiger partial charge in [0.1, 0.15) is 23.9 Å². The summed E-state index contributed by atoms with van der Waals surface area (Å²) in [4.78, 5) is 67.2. The van der Waals surface area contributed by atoms with E-state index in [9.17, 15) is 24.0 Å². The summed E-state index contributed by atoms with van der Waals surface area (Å²) < 4.78 is 16.4. The van der Waals surface area contributed by atoms with Gasteiger partial charge in [0.05, 0.1) is 19.2 Å². The molecule has 0 aliphatic carbocycles. The second-order valence-electron chi connectivity index (χ2n) is 13.2. The first kappa shape index (κ1) is 39.4. The molecule has 5 N–H and O–H groups in total. The fourth-order valence-corrected chi connectivity index (χ4v) is 5.88. The number of hydrogen-bond acceptors (Lipinski definition) is 9. The van der Waals surface area contributed by atoms with E-state index in [0.29, 0.717) is 54.3 Å². The van der Waals surface area contributed by atoms with Crippen LogP contribution in [0.15, 0.2) is 53.1 Å². The number of aromatic nitrogens is 1. The fourth-order valence-electron chi connectivity index (χ4n) is 5.88. The Morgan fingerprint density at radius 2 is 1.71 bits per heavy atom. The topological polar surface area (TPSA) is 190 Å². The van der Waals surface area contributed by atoms with Crippen LogP contribution in [0.3, 0.4) is 0 Å². The van der Waals surface area contributed by atoms with Crippen molar-refractivity contribution >= 4 is 29.5 Å². The predicted molar refractivity (Wildman–Crippen MR) is 193 cm³/mol. The number of methoxy groups -OCH3 is 1. The van der Waals surface area contributed by atoms with E-state index in [2.05, 4.69) is 31.7 Å². The van der Waals surface area contributed by atoms with Gasteiger partial charge in [0.2, 0.25) is 23.6 Å². The van der Waals surface area contributed by atoms with Crippen LogP contribution >= 0.6 is 0 Å². The molecule has 2 aromatic carbocycles. The molecule has 14 nitrogen and oxygen atoms in total. The number of carbonyl (C=O) groups is 5. The Balaban J connectivity index is 1.59. The number of carbonyl (C=O) groups excluding carboxylic acids is 5. The third-order valence-electron chi connectivity index (χ3n) is 8.85. The van der Waals surface area contributed by atoms with Gasteiger partial charge in [0.15, 0.2) is 18.1 Å². The van der Waals surface area contributed by atoms with E-state index in [-0.39, 0.29) is 50.1 Å². The van der Waals surface area contributed by atoms with Crippen LogP contribution in [0.5, 0.6) is 11.5 Å². The molecule has 280 valence electrons. The lowest BCUT2D eigenvalue weighted by Gasteiger charge is -2.27. The molecule has 14 heteroatoms. The van der Waals surface area contributed by atoms with E-state index in [4.69, 9.17) is 14.0 Å². The zero-order chi connectivity index (χ0) is 37.6. The minimum absolute atomic E-state index is 0.0667. The number of fused-ring (bicyclic) bond motifs is 2. The smallest absolute Gasteiger partial charge is 0.257 e. The van der Waals surface area contributed by atoms with Crippen molar-refractivity contribution in [3.05, 3.63) is 76.7 Å². The first-order valence-corrected chi connectivity index (χ1v) is 17.6. The van der Waals surface area contributed by atoms with Gasteiger partial charge < -0.3 is 40.6 Å². The SMILES string of the molecule is COc1ccc2cc1OCC(=O)NCCC[C@H](NC(=O)Cc1c(C)noc1C)C(=O)N[C@@H](Cc1ccccc1)C(=O)N[C@H](C(C)C)C(=O)NCCC2. The molecular weight excluding hydrogens is 668 g/mol. The molecule has 5 amide bonds. The van der Waals surface area contributed by atoms with Crippen molar-refractivity contribution in [1.29, 1.82) is 0 Å². The number of nitrogens with one attached hydrogen (secondary N) is 5. The monoisotopic (exact) mass is 718 g/mol. The molecule has 0 radical (unpaired) electrons. The van der Waals surface area contributed by atoms with Crippen molar-refractivity contribution in [2.75, 3.05) is 26.8 Å². The summed E-state index contributed by atoms with van der Waals surface area (Å²) in [7, 11) is 1.51. The van der Waals surface area contributed by atoms with Crippen LogP contribution in [0.1, 0.15) is 61.3 Å². The van der Waals surface area contributed by atoms with Gasteiger partial charge >= 0.3 is 0 Å². The third-order valence-corrected chi connectivity index (χ3v) is 8.85. The molecular formula is C38H50N6O8. The summed E-state index contributed by atoms with van der Waals surface area (Å²) in [6.45, 7) is 7.38. The molecule has 1 aliphatic heterocycles. The highest BCUT2D eigenvalue weighted by atomic mass is 16.5. The summed E-state index contributed by atoms with van der Waals surface area (Å²) in [6.07, 6.45) is 1.76. The van der Waals surface area contributed by atoms with E-state index >= 15 is 0 Å². The summed E-state index contributed by atoms with van der Waals surface area (Å²) in [5.41, 5.74) is 2.91. The number of rotatable bonds is 7. The molecule has 3 aromatic rings. The standard InChI is InChI=1S/C38H50N6O8/c1-23(2)35-38(49)40-18-9-13-27-15-16-31(50-5)32(20-27)51-22-34(46)39-17-10-14-29(41-33(45)21-28-24(3)44-52-25(28)4)36(47)42-30(37(48)43-35)19-26-11-7-6-8-12-26/h6-8,11-12,15-16,20,23,29-30,35H,9-10,13-14,17-19,21-22H2,1-5H3,(H,39,46)(H,40,49)(H,41,45)(H,42,47)(H,43,48)/t29-,30-,35+/m0/s1. The molecule has 0 unspecified atom stereocenters. The van der Waals surface area contributed by atoms with Gasteiger partial charge in [-0.1, -0.05) is 55.4 Å². The minimum atomic E-state index is -1.06. The molecule has 0 saturated heterocycles. The molecule has 52 heavy (non-hydrogen) atoms. The van der Waals surface area contributed by atoms with Gasteiger partial charge in [-0.05, 0) is 68.7 Å². The van der Waals surface area contributed by atoms with Gasteiger partial charge in [-0.2, -0.15) is 0 Å². The Morgan fingerprint density at radius 3 is 2.40 bits per heavy atom. The van der Waals surface area contributed by atoms with Crippen molar-refractivity contribution in [1.82, 2.24) is 31.7 Å². The van der Waals surface area contributed by atoms with E-state index in [0.717, 1.165) is 11.1 Å². The molecule has 0 fully saturated rings. The Labute approximate surface area is 304 Å². The summed E-state index contributed by atoms with van der Waals surface area (Å²) in [5.74, 6) is -1.15. The van der Waals surface area contributed by atoms with Crippen molar-refractivity contribution in [3.8, 4) is 11.5 Å². The predicted octanol–water partition coefficient (Wildman–Crippen LogP) is 2.23. The van der Waals surface area contributed by atoms with Gasteiger partial charge in [-0.3, -0.25) is 24.0 Å². The summed E-state index contributed by atoms with van der Waals surface area (Å²) >= 11 is 0. The average Bonchev–Trinajstić information content (AvgIpc) is 3.44. The second-order valence-corrected chi connectivity index (χ2v) is 13.2. The molecule has 3 atom stereocenters. The maximum atomic E-state index is 13.9. The number of nitrogens with zero attached hydrogens (tertiary/aromatic N) is 1. The highest BCUT2D eigenvalue weighted by molar-refractivity contribution is 5.94. The maximum Gasteiger partial charge on any atom is 0.257 e. The van der Waals surface area contributed by atoms with Crippen LogP contribution in [0.25, 0.3) is 0 Å². The van der Waals surface area contributed by atoms with E-state index in [1.807, 2.05) is 50.2 Å². The van der Waals surface area contributed by atoms with Gasteiger partial charge in [-0.15, -0.1) is 0 Å². The lowest BCUT2D eigenvalue weighted by atomic mass is 10.00. The van der Waals surface area contributed by atoms with Crippen LogP contribution in [-0.4, -0.2) is 79.6 Å². The van der Waals surface area contributed by atoms with Gasteiger partial charge in [0, 0.05) is 25.1 Å². The van der Waals surface area contributed by atoms with Crippen LogP contribution in [0.2, 0.25) is 0 Å². The first-order valence-electron chi connectivity index (χ1n) is 17.6. The van der Waals surface area contributed by atoms with Crippen molar-refractivity contribution in [2.24, 2.45) is 5.92 Å². The van der Waals surface area contributed by atoms with E-state index in [1.54, 1.807) is 26.0 Å². The van der Waals surface area contributed by atoms with Gasteiger partial charge in [0.25, 0.3) is 5.91 Å². The van der Waals surface area contributed by atoms with E-state index in [1.165, 1.54) is 7.11 Å². The summed E-state index contributed by atoms with van der Waals surface area (Å²) in [5, 5.41) is 18.1. The molecule has 1 aliphatic rings. The molecule has 2 heterocycles. The Hall–Kier alpha value is -5.40. The van der Waals surface area contributed by atoms with Crippen molar-refractivity contribution < 1.29 is 38.0 Å². The zero-order valence-electron chi connectivity index (χ0n) is 30.5. The molecule has 0 spiro atoms. The molecule has 2 bridgehead atoms. The van der Waals surface area contributed by atoms with E-state index < -0.39 is 35.8 Å². The quantitative estimate of drug-likeness (QED) is 0.244. The fraction of sp³-hybridized carbons (Fsp3) is 0.474. The normalized spacial score (nSPS) is 19.8. The Kier molecular flexibility index (Phi) is 14.6. The van der Waals surface area contributed by atoms with Gasteiger partial charge in [-0.25, -0.2) is 0 Å². The molecule has 1 aromatic heterocycles. The average molecular weight is 719 g/mol. The highest BCUT2D eigenvalue weighted by Gasteiger charge is 2.31. The van der Waals surface area contributed by atoms with Crippen LogP contribution in [0.4, 0.5) is 0 Å². The zero-order valence-corrected chi connectivity index (χ0v) is 30.5. The molecule has 0 saturated carbocycles. The van der Waals surface area contributed by atoms with Crippen LogP contribution in [-0.2, 0) is 43.2 Å². The second kappa shape index (κ2) is 19.3. The lowest BCUT2D eigenvalue weighted by Crippen LogP contribution is -2.58. The number of hydrogen-bond donors (Lipinski definition) is 5. The summed E-state index contributed by atoms with van der Waals surface area (Å²) in [6, 6.07) is 11.7. The highest BCUT2D eigenvalue weighted by Crippen LogP contribution is 2.28. The number of amides is 5. The maximum absolute atomic E-state index is 13.9. The Morgan fingerprint density at radius 1 is 0.962 bits per heavy atom. The number of aryl methyl sites for hydroxylation is 3. The Bertz CT molecular complexity index is 1670. The van der Waals surface area contributed by atoms with Crippen molar-refractivity contribution in [3.63, 3.8) is 0 Å². The molecule has 4 rings (SSSR count). The first-order chi connectivity index (χ1) is 24.9.